The molecule has 0 saturated carbocycles. The number of pyridine rings is 1. The number of nitrogens with zero attached hydrogens (tertiary/aromatic N) is 2. The number of likely N-dealkylation sites (tertiary alicyclic amines) is 1. The van der Waals surface area contributed by atoms with Crippen molar-refractivity contribution in [1.29, 1.82) is 0 Å². The average molecular weight is 342 g/mol. The second-order valence-electron chi connectivity index (χ2n) is 7.07. The molecule has 3 atom stereocenters. The predicted molar refractivity (Wildman–Crippen MR) is 94.0 cm³/mol. The minimum atomic E-state index is 0.203. The lowest BCUT2D eigenvalue weighted by atomic mass is 9.99. The summed E-state index contributed by atoms with van der Waals surface area (Å²) in [6.45, 7) is 5.17. The van der Waals surface area contributed by atoms with Gasteiger partial charge in [0.1, 0.15) is 5.76 Å². The molecule has 0 radical (unpaired) electrons. The molecule has 2 aliphatic rings. The molecule has 0 unspecified atom stereocenters. The van der Waals surface area contributed by atoms with Gasteiger partial charge in [0.15, 0.2) is 0 Å². The van der Waals surface area contributed by atoms with E-state index in [1.807, 2.05) is 37.3 Å². The van der Waals surface area contributed by atoms with Crippen LogP contribution >= 0.6 is 0 Å². The van der Waals surface area contributed by atoms with Gasteiger partial charge in [-0.1, -0.05) is 6.07 Å². The molecule has 4 rings (SSSR count). The topological polar surface area (TPSA) is 47.7 Å². The lowest BCUT2D eigenvalue weighted by molar-refractivity contribution is -0.103. The molecule has 5 nitrogen and oxygen atoms in total. The van der Waals surface area contributed by atoms with Gasteiger partial charge in [0.25, 0.3) is 0 Å². The maximum absolute atomic E-state index is 6.30. The summed E-state index contributed by atoms with van der Waals surface area (Å²) in [5.41, 5.74) is 2.01. The van der Waals surface area contributed by atoms with Crippen LogP contribution in [0.25, 0.3) is 0 Å². The third-order valence-corrected chi connectivity index (χ3v) is 5.19. The summed E-state index contributed by atoms with van der Waals surface area (Å²) in [6.07, 6.45) is 5.60. The van der Waals surface area contributed by atoms with E-state index in [1.165, 1.54) is 6.42 Å². The summed E-state index contributed by atoms with van der Waals surface area (Å²) < 4.78 is 17.7. The molecule has 0 N–H and O–H groups in total. The highest BCUT2D eigenvalue weighted by Gasteiger charge is 2.39. The SMILES string of the molecule is Cc1cccc(COC[C@H]2CC[C@H]3[C@H](CCN3Cc3ccco3)O2)n1. The molecule has 0 spiro atoms. The third kappa shape index (κ3) is 4.11. The highest BCUT2D eigenvalue weighted by Crippen LogP contribution is 2.32. The normalized spacial score (nSPS) is 26.7. The Morgan fingerprint density at radius 3 is 3.00 bits per heavy atom. The van der Waals surface area contributed by atoms with E-state index in [1.54, 1.807) is 6.26 Å². The molecular formula is C20H26N2O3. The number of rotatable bonds is 6. The summed E-state index contributed by atoms with van der Waals surface area (Å²) in [5.74, 6) is 1.04. The average Bonchev–Trinajstić information content (AvgIpc) is 3.26. The van der Waals surface area contributed by atoms with Crippen molar-refractivity contribution in [1.82, 2.24) is 9.88 Å². The van der Waals surface area contributed by atoms with Crippen molar-refractivity contribution < 1.29 is 13.9 Å². The molecule has 134 valence electrons. The molecule has 0 bridgehead atoms. The number of hydrogen-bond donors (Lipinski definition) is 0. The summed E-state index contributed by atoms with van der Waals surface area (Å²) in [6, 6.07) is 10.6. The van der Waals surface area contributed by atoms with Crippen LogP contribution in [0.5, 0.6) is 0 Å². The number of aryl methyl sites for hydroxylation is 1. The fraction of sp³-hybridized carbons (Fsp3) is 0.550. The van der Waals surface area contributed by atoms with Gasteiger partial charge >= 0.3 is 0 Å². The van der Waals surface area contributed by atoms with E-state index in [4.69, 9.17) is 13.9 Å². The van der Waals surface area contributed by atoms with Gasteiger partial charge in [-0.2, -0.15) is 0 Å². The molecule has 5 heteroatoms. The van der Waals surface area contributed by atoms with Crippen LogP contribution in [-0.4, -0.2) is 41.3 Å². The van der Waals surface area contributed by atoms with E-state index in [0.717, 1.165) is 43.1 Å². The first-order valence-electron chi connectivity index (χ1n) is 9.20. The number of aromatic nitrogens is 1. The zero-order chi connectivity index (χ0) is 17.1. The quantitative estimate of drug-likeness (QED) is 0.806. The van der Waals surface area contributed by atoms with Crippen molar-refractivity contribution in [3.8, 4) is 0 Å². The molecule has 25 heavy (non-hydrogen) atoms. The van der Waals surface area contributed by atoms with Crippen LogP contribution in [0.15, 0.2) is 41.0 Å². The Morgan fingerprint density at radius 2 is 2.16 bits per heavy atom. The molecule has 4 heterocycles. The van der Waals surface area contributed by atoms with Crippen LogP contribution < -0.4 is 0 Å². The zero-order valence-corrected chi connectivity index (χ0v) is 14.8. The van der Waals surface area contributed by atoms with Crippen molar-refractivity contribution in [2.45, 2.75) is 57.6 Å². The minimum absolute atomic E-state index is 0.203. The minimum Gasteiger partial charge on any atom is -0.468 e. The number of fused-ring (bicyclic) bond motifs is 1. The van der Waals surface area contributed by atoms with Gasteiger partial charge in [0.2, 0.25) is 0 Å². The van der Waals surface area contributed by atoms with Crippen molar-refractivity contribution in [3.63, 3.8) is 0 Å². The zero-order valence-electron chi connectivity index (χ0n) is 14.8. The highest BCUT2D eigenvalue weighted by molar-refractivity contribution is 5.09. The lowest BCUT2D eigenvalue weighted by Crippen LogP contribution is -2.43. The molecule has 2 aromatic heterocycles. The van der Waals surface area contributed by atoms with Gasteiger partial charge in [0.05, 0.1) is 43.9 Å². The molecule has 0 amide bonds. The summed E-state index contributed by atoms with van der Waals surface area (Å²) in [7, 11) is 0. The van der Waals surface area contributed by atoms with Crippen LogP contribution in [0.4, 0.5) is 0 Å². The number of hydrogen-bond acceptors (Lipinski definition) is 5. The highest BCUT2D eigenvalue weighted by atomic mass is 16.5. The van der Waals surface area contributed by atoms with Gasteiger partial charge in [-0.15, -0.1) is 0 Å². The molecule has 2 fully saturated rings. The van der Waals surface area contributed by atoms with Crippen LogP contribution in [0, 0.1) is 6.92 Å². The van der Waals surface area contributed by atoms with Crippen molar-refractivity contribution in [3.05, 3.63) is 53.7 Å². The molecular weight excluding hydrogens is 316 g/mol. The Bertz CT molecular complexity index is 673. The van der Waals surface area contributed by atoms with E-state index in [2.05, 4.69) is 9.88 Å². The summed E-state index contributed by atoms with van der Waals surface area (Å²) >= 11 is 0. The van der Waals surface area contributed by atoms with Gasteiger partial charge in [0, 0.05) is 18.3 Å². The number of ether oxygens (including phenoxy) is 2. The van der Waals surface area contributed by atoms with Gasteiger partial charge in [-0.25, -0.2) is 0 Å². The summed E-state index contributed by atoms with van der Waals surface area (Å²) in [4.78, 5) is 6.97. The number of furan rings is 1. The van der Waals surface area contributed by atoms with E-state index < -0.39 is 0 Å². The van der Waals surface area contributed by atoms with E-state index >= 15 is 0 Å². The van der Waals surface area contributed by atoms with Gasteiger partial charge in [-0.3, -0.25) is 9.88 Å². The second-order valence-corrected chi connectivity index (χ2v) is 7.07. The first-order chi connectivity index (χ1) is 12.3. The van der Waals surface area contributed by atoms with Gasteiger partial charge < -0.3 is 13.9 Å². The molecule has 2 aliphatic heterocycles. The fourth-order valence-electron chi connectivity index (χ4n) is 3.98. The maximum atomic E-state index is 6.30. The lowest BCUT2D eigenvalue weighted by Gasteiger charge is -2.35. The molecule has 2 aromatic rings. The van der Waals surface area contributed by atoms with E-state index in [-0.39, 0.29) is 6.10 Å². The van der Waals surface area contributed by atoms with Crippen molar-refractivity contribution in [2.75, 3.05) is 13.2 Å². The monoisotopic (exact) mass is 342 g/mol. The van der Waals surface area contributed by atoms with Crippen LogP contribution in [0.2, 0.25) is 0 Å². The standard InChI is InChI=1S/C20H26N2O3/c1-15-4-2-5-16(21-15)13-23-14-18-7-8-19-20(25-18)9-10-22(19)12-17-6-3-11-24-17/h2-6,11,18-20H,7-10,12-14H2,1H3/t18-,19+,20+/m1/s1. The Balaban J connectivity index is 1.23. The first kappa shape index (κ1) is 16.8. The predicted octanol–water partition coefficient (Wildman–Crippen LogP) is 3.32. The first-order valence-corrected chi connectivity index (χ1v) is 9.20. The maximum Gasteiger partial charge on any atom is 0.117 e. The Labute approximate surface area is 148 Å². The molecule has 0 aliphatic carbocycles. The largest absolute Gasteiger partial charge is 0.468 e. The third-order valence-electron chi connectivity index (χ3n) is 5.19. The Hall–Kier alpha value is -1.69. The van der Waals surface area contributed by atoms with Crippen molar-refractivity contribution in [2.24, 2.45) is 0 Å². The smallest absolute Gasteiger partial charge is 0.117 e. The fourth-order valence-corrected chi connectivity index (χ4v) is 3.98. The van der Waals surface area contributed by atoms with Crippen LogP contribution in [0.1, 0.15) is 36.4 Å². The van der Waals surface area contributed by atoms with E-state index in [9.17, 15) is 0 Å². The van der Waals surface area contributed by atoms with Crippen molar-refractivity contribution >= 4 is 0 Å². The van der Waals surface area contributed by atoms with Crippen LogP contribution in [0.3, 0.4) is 0 Å². The van der Waals surface area contributed by atoms with E-state index in [0.29, 0.717) is 25.4 Å². The van der Waals surface area contributed by atoms with Crippen LogP contribution in [-0.2, 0) is 22.6 Å². The Morgan fingerprint density at radius 1 is 1.20 bits per heavy atom. The second kappa shape index (κ2) is 7.68. The molecule has 0 aromatic carbocycles. The molecule has 2 saturated heterocycles. The Kier molecular flexibility index (Phi) is 5.15. The summed E-state index contributed by atoms with van der Waals surface area (Å²) in [5, 5.41) is 0. The van der Waals surface area contributed by atoms with Gasteiger partial charge in [-0.05, 0) is 50.5 Å².